The van der Waals surface area contributed by atoms with Gasteiger partial charge in [0.05, 0.1) is 16.9 Å². The second-order valence-corrected chi connectivity index (χ2v) is 10.2. The summed E-state index contributed by atoms with van der Waals surface area (Å²) in [6, 6.07) is 20.5. The Hall–Kier alpha value is -2.50. The zero-order valence-electron chi connectivity index (χ0n) is 15.6. The van der Waals surface area contributed by atoms with Gasteiger partial charge in [0, 0.05) is 12.1 Å². The van der Waals surface area contributed by atoms with Crippen LogP contribution < -0.4 is 25.9 Å². The van der Waals surface area contributed by atoms with Gasteiger partial charge in [-0.25, -0.2) is 8.42 Å². The molecule has 0 atom stereocenters. The van der Waals surface area contributed by atoms with Crippen LogP contribution >= 0.6 is 0 Å². The van der Waals surface area contributed by atoms with E-state index in [1.807, 2.05) is 43.3 Å². The SMILES string of the molecule is COc1ccc([I+]c2ccc([N+](=O)[O-])cc2)cc1.Cc1ccc(S(=O)(=O)[O-])cc1. The fourth-order valence-electron chi connectivity index (χ4n) is 2.09. The zero-order valence-corrected chi connectivity index (χ0v) is 18.6. The van der Waals surface area contributed by atoms with Gasteiger partial charge in [-0.3, -0.25) is 10.1 Å². The Morgan fingerprint density at radius 3 is 1.76 bits per heavy atom. The number of hydrogen-bond donors (Lipinski definition) is 0. The van der Waals surface area contributed by atoms with E-state index >= 15 is 0 Å². The quantitative estimate of drug-likeness (QED) is 0.209. The molecule has 0 bridgehead atoms. The van der Waals surface area contributed by atoms with Crippen LogP contribution in [0.2, 0.25) is 0 Å². The number of benzene rings is 3. The molecule has 0 spiro atoms. The summed E-state index contributed by atoms with van der Waals surface area (Å²) < 4.78 is 38.7. The number of aryl methyl sites for hydroxylation is 1. The van der Waals surface area contributed by atoms with E-state index in [1.54, 1.807) is 31.4 Å². The van der Waals surface area contributed by atoms with Crippen LogP contribution in [-0.2, 0) is 10.1 Å². The Morgan fingerprint density at radius 1 is 0.862 bits per heavy atom. The first-order valence-electron chi connectivity index (χ1n) is 8.25. The number of hydrogen-bond acceptors (Lipinski definition) is 6. The van der Waals surface area contributed by atoms with E-state index in [-0.39, 0.29) is 36.7 Å². The molecular formula is C20H18INO6S. The van der Waals surface area contributed by atoms with Gasteiger partial charge in [0.2, 0.25) is 0 Å². The Morgan fingerprint density at radius 2 is 1.34 bits per heavy atom. The lowest BCUT2D eigenvalue weighted by atomic mass is 10.2. The van der Waals surface area contributed by atoms with Crippen LogP contribution in [0.15, 0.2) is 77.7 Å². The highest BCUT2D eigenvalue weighted by Gasteiger charge is 2.16. The van der Waals surface area contributed by atoms with Gasteiger partial charge in [-0.15, -0.1) is 0 Å². The lowest BCUT2D eigenvalue weighted by molar-refractivity contribution is -0.597. The monoisotopic (exact) mass is 527 g/mol. The summed E-state index contributed by atoms with van der Waals surface area (Å²) in [6.45, 7) is 1.82. The number of halogens is 1. The first kappa shape index (κ1) is 22.8. The molecule has 0 aromatic heterocycles. The summed E-state index contributed by atoms with van der Waals surface area (Å²) in [5, 5.41) is 10.5. The Kier molecular flexibility index (Phi) is 8.11. The fraction of sp³-hybridized carbons (Fsp3) is 0.100. The molecule has 0 amide bonds. The van der Waals surface area contributed by atoms with E-state index in [1.165, 1.54) is 15.7 Å². The smallest absolute Gasteiger partial charge is 0.357 e. The molecule has 0 N–H and O–H groups in total. The lowest BCUT2D eigenvalue weighted by Gasteiger charge is -2.05. The molecule has 0 aliphatic heterocycles. The third kappa shape index (κ3) is 7.44. The van der Waals surface area contributed by atoms with Crippen molar-refractivity contribution < 1.29 is 43.8 Å². The maximum absolute atomic E-state index is 10.5. The van der Waals surface area contributed by atoms with Crippen molar-refractivity contribution in [3.8, 4) is 5.75 Å². The highest BCUT2D eigenvalue weighted by Crippen LogP contribution is 2.09. The second-order valence-electron chi connectivity index (χ2n) is 5.75. The van der Waals surface area contributed by atoms with Crippen LogP contribution in [0.3, 0.4) is 0 Å². The van der Waals surface area contributed by atoms with Gasteiger partial charge in [0.25, 0.3) is 5.69 Å². The zero-order chi connectivity index (χ0) is 21.4. The molecule has 3 rings (SSSR count). The molecule has 0 aliphatic carbocycles. The molecule has 29 heavy (non-hydrogen) atoms. The minimum Gasteiger partial charge on any atom is -0.744 e. The molecule has 0 radical (unpaired) electrons. The third-order valence-electron chi connectivity index (χ3n) is 3.61. The predicted molar refractivity (Wildman–Crippen MR) is 103 cm³/mol. The molecule has 7 nitrogen and oxygen atoms in total. The van der Waals surface area contributed by atoms with Crippen LogP contribution in [0.4, 0.5) is 5.69 Å². The van der Waals surface area contributed by atoms with Crippen LogP contribution in [0.5, 0.6) is 5.75 Å². The molecule has 0 saturated carbocycles. The molecule has 9 heteroatoms. The van der Waals surface area contributed by atoms with Gasteiger partial charge in [-0.05, 0) is 55.5 Å². The number of ether oxygens (including phenoxy) is 1. The van der Waals surface area contributed by atoms with E-state index in [0.29, 0.717) is 0 Å². The number of non-ortho nitro benzene ring substituents is 1. The average Bonchev–Trinajstić information content (AvgIpc) is 2.69. The summed E-state index contributed by atoms with van der Waals surface area (Å²) >= 11 is -0.300. The molecule has 0 unspecified atom stereocenters. The van der Waals surface area contributed by atoms with Crippen molar-refractivity contribution in [1.82, 2.24) is 0 Å². The topological polar surface area (TPSA) is 110 Å². The predicted octanol–water partition coefficient (Wildman–Crippen LogP) is 0.631. The van der Waals surface area contributed by atoms with Gasteiger partial charge >= 0.3 is 21.2 Å². The number of methoxy groups -OCH3 is 1. The highest BCUT2D eigenvalue weighted by molar-refractivity contribution is 7.85. The standard InChI is InChI=1S/C13H11INO3.C7H8O3S/c1-18-13-8-4-11(5-9-13)14-10-2-6-12(7-3-10)15(16)17;1-6-2-4-7(5-3-6)11(8,9)10/h2-9H,1H3;2-5H,1H3,(H,8,9,10)/q+1;/p-1. The molecule has 0 saturated heterocycles. The molecule has 3 aromatic carbocycles. The van der Waals surface area contributed by atoms with Crippen LogP contribution in [0, 0.1) is 24.2 Å². The average molecular weight is 527 g/mol. The first-order valence-corrected chi connectivity index (χ1v) is 11.8. The highest BCUT2D eigenvalue weighted by atomic mass is 127. The van der Waals surface area contributed by atoms with E-state index in [0.717, 1.165) is 14.9 Å². The largest absolute Gasteiger partial charge is 0.744 e. The van der Waals surface area contributed by atoms with Crippen LogP contribution in [0.25, 0.3) is 0 Å². The summed E-state index contributed by atoms with van der Waals surface area (Å²) in [6.07, 6.45) is 0. The number of nitro benzene ring substituents is 1. The van der Waals surface area contributed by atoms with Gasteiger partial charge < -0.3 is 9.29 Å². The van der Waals surface area contributed by atoms with E-state index in [4.69, 9.17) is 4.74 Å². The normalized spacial score (nSPS) is 10.6. The van der Waals surface area contributed by atoms with E-state index < -0.39 is 10.1 Å². The van der Waals surface area contributed by atoms with Crippen molar-refractivity contribution in [2.24, 2.45) is 0 Å². The number of nitrogens with zero attached hydrogens (tertiary/aromatic N) is 1. The second kappa shape index (κ2) is 10.3. The van der Waals surface area contributed by atoms with Gasteiger partial charge in [0.1, 0.15) is 15.9 Å². The van der Waals surface area contributed by atoms with Gasteiger partial charge in [-0.1, -0.05) is 17.7 Å². The third-order valence-corrected chi connectivity index (χ3v) is 7.15. The minimum absolute atomic E-state index is 0.137. The summed E-state index contributed by atoms with van der Waals surface area (Å²) in [4.78, 5) is 9.98. The van der Waals surface area contributed by atoms with Gasteiger partial charge in [0.15, 0.2) is 7.14 Å². The van der Waals surface area contributed by atoms with Crippen molar-refractivity contribution in [2.45, 2.75) is 11.8 Å². The summed E-state index contributed by atoms with van der Waals surface area (Å²) in [5.41, 5.74) is 1.06. The Bertz CT molecular complexity index is 1050. The van der Waals surface area contributed by atoms with E-state index in [9.17, 15) is 23.1 Å². The molecule has 0 fully saturated rings. The van der Waals surface area contributed by atoms with Crippen molar-refractivity contribution in [1.29, 1.82) is 0 Å². The lowest BCUT2D eigenvalue weighted by Crippen LogP contribution is -3.61. The number of rotatable bonds is 5. The molecule has 0 heterocycles. The minimum atomic E-state index is -4.27. The Balaban J connectivity index is 0.000000234. The van der Waals surface area contributed by atoms with Crippen LogP contribution in [0.1, 0.15) is 5.56 Å². The first-order chi connectivity index (χ1) is 13.7. The van der Waals surface area contributed by atoms with Crippen molar-refractivity contribution in [2.75, 3.05) is 7.11 Å². The van der Waals surface area contributed by atoms with E-state index in [2.05, 4.69) is 0 Å². The van der Waals surface area contributed by atoms with Gasteiger partial charge in [-0.2, -0.15) is 0 Å². The van der Waals surface area contributed by atoms with Crippen molar-refractivity contribution in [3.05, 3.63) is 95.6 Å². The van der Waals surface area contributed by atoms with Crippen molar-refractivity contribution in [3.63, 3.8) is 0 Å². The fourth-order valence-corrected chi connectivity index (χ4v) is 4.72. The number of nitro groups is 1. The molecule has 0 aliphatic rings. The molecule has 3 aromatic rings. The molecular weight excluding hydrogens is 509 g/mol. The Labute approximate surface area is 179 Å². The molecule has 152 valence electrons. The summed E-state index contributed by atoms with van der Waals surface area (Å²) in [7, 11) is -2.63. The van der Waals surface area contributed by atoms with Crippen molar-refractivity contribution >= 4 is 15.8 Å². The van der Waals surface area contributed by atoms with Crippen LogP contribution in [-0.4, -0.2) is 25.0 Å². The maximum atomic E-state index is 10.5. The summed E-state index contributed by atoms with van der Waals surface area (Å²) in [5.74, 6) is 0.839. The maximum Gasteiger partial charge on any atom is 0.357 e.